The second kappa shape index (κ2) is 9.97. The van der Waals surface area contributed by atoms with Gasteiger partial charge in [-0.3, -0.25) is 9.20 Å². The number of hydrogen-bond acceptors (Lipinski definition) is 4. The average Bonchev–Trinajstić information content (AvgIpc) is 3.25. The normalized spacial score (nSPS) is 18.6. The van der Waals surface area contributed by atoms with Gasteiger partial charge < -0.3 is 15.0 Å². The quantitative estimate of drug-likeness (QED) is 0.445. The Balaban J connectivity index is 1.38. The van der Waals surface area contributed by atoms with Crippen molar-refractivity contribution in [2.24, 2.45) is 0 Å². The van der Waals surface area contributed by atoms with Crippen molar-refractivity contribution in [3.8, 4) is 5.75 Å². The summed E-state index contributed by atoms with van der Waals surface area (Å²) >= 11 is 6.26. The molecule has 4 rings (SSSR count). The van der Waals surface area contributed by atoms with E-state index in [9.17, 15) is 18.0 Å². The maximum absolute atomic E-state index is 13.1. The third-order valence-electron chi connectivity index (χ3n) is 6.26. The van der Waals surface area contributed by atoms with E-state index < -0.39 is 11.9 Å². The molecular formula is C25H28ClF3N4O2. The summed E-state index contributed by atoms with van der Waals surface area (Å²) in [6.07, 6.45) is -0.373. The summed E-state index contributed by atoms with van der Waals surface area (Å²) in [6.45, 7) is 3.81. The van der Waals surface area contributed by atoms with E-state index in [1.165, 1.54) is 4.40 Å². The molecule has 1 amide bonds. The summed E-state index contributed by atoms with van der Waals surface area (Å²) in [5.74, 6) is 0.996. The molecule has 3 aromatic rings. The van der Waals surface area contributed by atoms with Gasteiger partial charge in [0.15, 0.2) is 5.69 Å². The Kier molecular flexibility index (Phi) is 7.17. The number of nitrogens with zero attached hydrogens (tertiary/aromatic N) is 3. The molecule has 10 heteroatoms. The lowest BCUT2D eigenvalue weighted by Crippen LogP contribution is -2.43. The van der Waals surface area contributed by atoms with Crippen molar-refractivity contribution in [1.82, 2.24) is 14.7 Å². The zero-order chi connectivity index (χ0) is 25.3. The van der Waals surface area contributed by atoms with Crippen molar-refractivity contribution in [2.75, 3.05) is 11.9 Å². The van der Waals surface area contributed by atoms with Crippen molar-refractivity contribution in [1.29, 1.82) is 0 Å². The monoisotopic (exact) mass is 508 g/mol. The summed E-state index contributed by atoms with van der Waals surface area (Å²) in [6, 6.07) is 10.2. The molecule has 0 spiro atoms. The highest BCUT2D eigenvalue weighted by Crippen LogP contribution is 2.32. The van der Waals surface area contributed by atoms with E-state index in [0.29, 0.717) is 22.2 Å². The zero-order valence-electron chi connectivity index (χ0n) is 19.8. The maximum Gasteiger partial charge on any atom is 0.434 e. The van der Waals surface area contributed by atoms with Gasteiger partial charge in [-0.2, -0.15) is 13.2 Å². The summed E-state index contributed by atoms with van der Waals surface area (Å²) < 4.78 is 46.5. The van der Waals surface area contributed by atoms with Crippen LogP contribution in [0.25, 0.3) is 5.65 Å². The first kappa shape index (κ1) is 25.2. The minimum atomic E-state index is -4.50. The second-order valence-corrected chi connectivity index (χ2v) is 9.54. The fourth-order valence-electron chi connectivity index (χ4n) is 4.48. The van der Waals surface area contributed by atoms with Crippen LogP contribution in [0.1, 0.15) is 55.6 Å². The van der Waals surface area contributed by atoms with Crippen LogP contribution in [-0.2, 0) is 6.18 Å². The molecule has 1 aromatic carbocycles. The Hall–Kier alpha value is -2.94. The first-order chi connectivity index (χ1) is 16.5. The third kappa shape index (κ3) is 5.66. The van der Waals surface area contributed by atoms with Gasteiger partial charge in [-0.25, -0.2) is 4.98 Å². The number of imidazole rings is 1. The lowest BCUT2D eigenvalue weighted by atomic mass is 9.90. The van der Waals surface area contributed by atoms with Gasteiger partial charge in [0.25, 0.3) is 5.91 Å². The Morgan fingerprint density at radius 2 is 1.91 bits per heavy atom. The molecule has 35 heavy (non-hydrogen) atoms. The van der Waals surface area contributed by atoms with Gasteiger partial charge in [0.2, 0.25) is 0 Å². The number of nitrogens with one attached hydrogen (secondary N) is 1. The van der Waals surface area contributed by atoms with Gasteiger partial charge in [0.1, 0.15) is 17.2 Å². The molecule has 2 aromatic heterocycles. The molecule has 2 heterocycles. The molecule has 0 saturated heterocycles. The number of halogens is 4. The highest BCUT2D eigenvalue weighted by atomic mass is 35.5. The van der Waals surface area contributed by atoms with Gasteiger partial charge in [-0.1, -0.05) is 17.7 Å². The lowest BCUT2D eigenvalue weighted by Gasteiger charge is -2.36. The molecule has 0 unspecified atom stereocenters. The number of anilines is 1. The summed E-state index contributed by atoms with van der Waals surface area (Å²) in [5.41, 5.74) is -0.183. The van der Waals surface area contributed by atoms with Crippen LogP contribution in [0.5, 0.6) is 5.75 Å². The standard InChI is InChI=1S/C25H28ClF3N4O2/c1-15(2)35-20-12-7-16(13-19(20)26)24(34)30-17-8-10-18(11-9-17)32(3)23-6-4-5-22-31-21(14-33(22)23)25(27,28)29/h4-7,12-15,17-18H,8-11H2,1-3H3,(H,30,34). The number of rotatable bonds is 6. The largest absolute Gasteiger partial charge is 0.489 e. The predicted molar refractivity (Wildman–Crippen MR) is 129 cm³/mol. The van der Waals surface area contributed by atoms with E-state index in [0.717, 1.165) is 31.9 Å². The zero-order valence-corrected chi connectivity index (χ0v) is 20.5. The molecule has 0 bridgehead atoms. The Bertz CT molecular complexity index is 1200. The molecule has 0 radical (unpaired) electrons. The summed E-state index contributed by atoms with van der Waals surface area (Å²) in [7, 11) is 1.88. The number of hydrogen-bond donors (Lipinski definition) is 1. The molecule has 1 fully saturated rings. The van der Waals surface area contributed by atoms with E-state index in [1.54, 1.807) is 36.4 Å². The second-order valence-electron chi connectivity index (χ2n) is 9.14. The van der Waals surface area contributed by atoms with Gasteiger partial charge in [0.05, 0.1) is 11.1 Å². The molecular weight excluding hydrogens is 481 g/mol. The van der Waals surface area contributed by atoms with Gasteiger partial charge in [-0.05, 0) is 69.9 Å². The Morgan fingerprint density at radius 3 is 2.54 bits per heavy atom. The van der Waals surface area contributed by atoms with Crippen LogP contribution in [0.2, 0.25) is 5.02 Å². The van der Waals surface area contributed by atoms with Crippen molar-refractivity contribution in [2.45, 2.75) is 63.9 Å². The minimum absolute atomic E-state index is 0.0124. The highest BCUT2D eigenvalue weighted by Gasteiger charge is 2.34. The van der Waals surface area contributed by atoms with E-state index in [4.69, 9.17) is 16.3 Å². The van der Waals surface area contributed by atoms with Crippen LogP contribution in [0.15, 0.2) is 42.6 Å². The van der Waals surface area contributed by atoms with Crippen molar-refractivity contribution >= 4 is 29.0 Å². The van der Waals surface area contributed by atoms with Gasteiger partial charge >= 0.3 is 6.18 Å². The van der Waals surface area contributed by atoms with E-state index in [1.807, 2.05) is 25.8 Å². The number of ether oxygens (including phenoxy) is 1. The molecule has 188 valence electrons. The van der Waals surface area contributed by atoms with Crippen LogP contribution < -0.4 is 15.0 Å². The number of carbonyl (C=O) groups is 1. The number of aromatic nitrogens is 2. The van der Waals surface area contributed by atoms with Crippen molar-refractivity contribution in [3.63, 3.8) is 0 Å². The SMILES string of the molecule is CC(C)Oc1ccc(C(=O)NC2CCC(N(C)c3cccc4nc(C(F)(F)F)cn34)CC2)cc1Cl. The molecule has 1 saturated carbocycles. The van der Waals surface area contributed by atoms with E-state index in [2.05, 4.69) is 10.3 Å². The number of carbonyl (C=O) groups excluding carboxylic acids is 1. The Morgan fingerprint density at radius 1 is 1.20 bits per heavy atom. The number of benzene rings is 1. The number of fused-ring (bicyclic) bond motifs is 1. The molecule has 1 N–H and O–H groups in total. The third-order valence-corrected chi connectivity index (χ3v) is 6.55. The molecule has 0 atom stereocenters. The fraction of sp³-hybridized carbons (Fsp3) is 0.440. The molecule has 1 aliphatic rings. The minimum Gasteiger partial charge on any atom is -0.489 e. The smallest absolute Gasteiger partial charge is 0.434 e. The van der Waals surface area contributed by atoms with Crippen LogP contribution in [-0.4, -0.2) is 40.5 Å². The predicted octanol–water partition coefficient (Wildman–Crippen LogP) is 5.97. The first-order valence-electron chi connectivity index (χ1n) is 11.6. The number of amides is 1. The molecule has 0 aliphatic heterocycles. The molecule has 6 nitrogen and oxygen atoms in total. The van der Waals surface area contributed by atoms with Gasteiger partial charge in [0, 0.05) is 30.9 Å². The highest BCUT2D eigenvalue weighted by molar-refractivity contribution is 6.32. The summed E-state index contributed by atoms with van der Waals surface area (Å²) in [5, 5.41) is 3.46. The Labute approximate surface area is 207 Å². The first-order valence-corrected chi connectivity index (χ1v) is 12.0. The van der Waals surface area contributed by atoms with Gasteiger partial charge in [-0.15, -0.1) is 0 Å². The van der Waals surface area contributed by atoms with Crippen molar-refractivity contribution < 1.29 is 22.7 Å². The number of pyridine rings is 1. The lowest BCUT2D eigenvalue weighted by molar-refractivity contribution is -0.140. The molecule has 1 aliphatic carbocycles. The van der Waals surface area contributed by atoms with Crippen molar-refractivity contribution in [3.05, 3.63) is 58.9 Å². The van der Waals surface area contributed by atoms with E-state index in [-0.39, 0.29) is 29.7 Å². The number of alkyl halides is 3. The van der Waals surface area contributed by atoms with Crippen LogP contribution in [0.3, 0.4) is 0 Å². The van der Waals surface area contributed by atoms with E-state index >= 15 is 0 Å². The van der Waals surface area contributed by atoms with Crippen LogP contribution >= 0.6 is 11.6 Å². The topological polar surface area (TPSA) is 58.9 Å². The fourth-order valence-corrected chi connectivity index (χ4v) is 4.70. The summed E-state index contributed by atoms with van der Waals surface area (Å²) in [4.78, 5) is 18.5. The van der Waals surface area contributed by atoms with Crippen LogP contribution in [0.4, 0.5) is 19.0 Å². The average molecular weight is 509 g/mol. The van der Waals surface area contributed by atoms with Crippen LogP contribution in [0, 0.1) is 0 Å². The maximum atomic E-state index is 13.1.